The highest BCUT2D eigenvalue weighted by molar-refractivity contribution is 6.30. The maximum atomic E-state index is 14.6. The fourth-order valence-electron chi connectivity index (χ4n) is 3.46. The van der Waals surface area contributed by atoms with Gasteiger partial charge in [-0.1, -0.05) is 17.7 Å². The van der Waals surface area contributed by atoms with Crippen molar-refractivity contribution in [3.05, 3.63) is 52.7 Å². The van der Waals surface area contributed by atoms with Gasteiger partial charge in [-0.3, -0.25) is 5.21 Å². The Kier molecular flexibility index (Phi) is 3.95. The van der Waals surface area contributed by atoms with Crippen LogP contribution in [0, 0.1) is 5.92 Å². The van der Waals surface area contributed by atoms with Gasteiger partial charge in [-0.2, -0.15) is 13.2 Å². The summed E-state index contributed by atoms with van der Waals surface area (Å²) in [5.74, 6) is -0.119. The molecule has 2 heterocycles. The van der Waals surface area contributed by atoms with Gasteiger partial charge in [-0.15, -0.1) is 0 Å². The summed E-state index contributed by atoms with van der Waals surface area (Å²) in [4.78, 5) is 4.20. The highest BCUT2D eigenvalue weighted by Gasteiger charge is 2.64. The van der Waals surface area contributed by atoms with E-state index in [0.717, 1.165) is 12.8 Å². The molecule has 2 aliphatic heterocycles. The van der Waals surface area contributed by atoms with E-state index in [1.165, 1.54) is 36.6 Å². The van der Waals surface area contributed by atoms with Gasteiger partial charge in [-0.25, -0.2) is 10.1 Å². The number of allylic oxidation sites excluding steroid dienone is 2. The molecule has 1 aromatic rings. The number of hydrogen-bond acceptors (Lipinski definition) is 4. The van der Waals surface area contributed by atoms with Gasteiger partial charge in [0.25, 0.3) is 0 Å². The SMILES string of the molecule is CC(OC1(C(F)(F)F)C2=CC=CN(O)C2=Nc2ccc(Cl)cc21)C1CC1. The van der Waals surface area contributed by atoms with Gasteiger partial charge in [0, 0.05) is 22.4 Å². The van der Waals surface area contributed by atoms with Gasteiger partial charge < -0.3 is 4.74 Å². The van der Waals surface area contributed by atoms with Crippen LogP contribution in [-0.2, 0) is 10.3 Å². The van der Waals surface area contributed by atoms with Crippen molar-refractivity contribution in [3.8, 4) is 0 Å². The number of halogens is 4. The summed E-state index contributed by atoms with van der Waals surface area (Å²) in [6.45, 7) is 1.65. The number of aliphatic imine (C=N–C) groups is 1. The Balaban J connectivity index is 1.99. The van der Waals surface area contributed by atoms with Crippen LogP contribution in [0.5, 0.6) is 0 Å². The lowest BCUT2D eigenvalue weighted by atomic mass is 9.79. The van der Waals surface area contributed by atoms with Crippen molar-refractivity contribution in [1.82, 2.24) is 5.06 Å². The Labute approximate surface area is 153 Å². The molecule has 1 aromatic carbocycles. The van der Waals surface area contributed by atoms with E-state index in [2.05, 4.69) is 4.99 Å². The molecule has 26 heavy (non-hydrogen) atoms. The zero-order valence-electron chi connectivity index (χ0n) is 13.8. The Morgan fingerprint density at radius 3 is 2.77 bits per heavy atom. The minimum absolute atomic E-state index is 0.0659. The zero-order chi connectivity index (χ0) is 18.7. The molecule has 2 unspecified atom stereocenters. The first-order chi connectivity index (χ1) is 12.2. The number of fused-ring (bicyclic) bond motifs is 2. The summed E-state index contributed by atoms with van der Waals surface area (Å²) in [7, 11) is 0. The molecule has 1 aliphatic carbocycles. The Bertz CT molecular complexity index is 845. The van der Waals surface area contributed by atoms with Gasteiger partial charge in [0.05, 0.1) is 11.8 Å². The van der Waals surface area contributed by atoms with Crippen molar-refractivity contribution in [2.45, 2.75) is 37.6 Å². The number of hydrogen-bond donors (Lipinski definition) is 1. The van der Waals surface area contributed by atoms with Gasteiger partial charge >= 0.3 is 6.18 Å². The number of amidine groups is 1. The third-order valence-corrected chi connectivity index (χ3v) is 5.17. The maximum Gasteiger partial charge on any atom is 0.426 e. The molecule has 1 saturated carbocycles. The highest BCUT2D eigenvalue weighted by Crippen LogP contribution is 2.56. The Morgan fingerprint density at radius 2 is 2.12 bits per heavy atom. The van der Waals surface area contributed by atoms with Gasteiger partial charge in [0.15, 0.2) is 5.84 Å². The van der Waals surface area contributed by atoms with Crippen molar-refractivity contribution in [2.24, 2.45) is 10.9 Å². The largest absolute Gasteiger partial charge is 0.426 e. The first-order valence-corrected chi connectivity index (χ1v) is 8.62. The third-order valence-electron chi connectivity index (χ3n) is 4.94. The van der Waals surface area contributed by atoms with E-state index in [0.29, 0.717) is 5.06 Å². The van der Waals surface area contributed by atoms with Crippen LogP contribution < -0.4 is 0 Å². The van der Waals surface area contributed by atoms with Crippen LogP contribution >= 0.6 is 11.6 Å². The van der Waals surface area contributed by atoms with E-state index in [9.17, 15) is 18.4 Å². The molecular weight excluding hydrogens is 369 g/mol. The molecular formula is C18H16ClF3N2O2. The topological polar surface area (TPSA) is 45.1 Å². The average Bonchev–Trinajstić information content (AvgIpc) is 3.39. The second kappa shape index (κ2) is 5.84. The van der Waals surface area contributed by atoms with Crippen LogP contribution in [-0.4, -0.2) is 28.4 Å². The lowest BCUT2D eigenvalue weighted by Crippen LogP contribution is -2.53. The molecule has 0 amide bonds. The van der Waals surface area contributed by atoms with Crippen molar-refractivity contribution in [2.75, 3.05) is 0 Å². The quantitative estimate of drug-likeness (QED) is 0.788. The normalized spacial score (nSPS) is 26.0. The number of hydroxylamine groups is 2. The van der Waals surface area contributed by atoms with Crippen molar-refractivity contribution < 1.29 is 23.1 Å². The van der Waals surface area contributed by atoms with Gasteiger partial charge in [0.1, 0.15) is 0 Å². The summed E-state index contributed by atoms with van der Waals surface area (Å²) >= 11 is 6.00. The minimum Gasteiger partial charge on any atom is -0.353 e. The lowest BCUT2D eigenvalue weighted by Gasteiger charge is -2.44. The highest BCUT2D eigenvalue weighted by atomic mass is 35.5. The first-order valence-electron chi connectivity index (χ1n) is 8.25. The van der Waals surface area contributed by atoms with E-state index >= 15 is 0 Å². The number of alkyl halides is 3. The Morgan fingerprint density at radius 1 is 1.38 bits per heavy atom. The molecule has 0 bridgehead atoms. The molecule has 3 aliphatic rings. The average molecular weight is 385 g/mol. The summed E-state index contributed by atoms with van der Waals surface area (Å²) in [6, 6.07) is 4.11. The van der Waals surface area contributed by atoms with Crippen molar-refractivity contribution in [3.63, 3.8) is 0 Å². The van der Waals surface area contributed by atoms with E-state index in [1.54, 1.807) is 6.92 Å². The second-order valence-corrected chi connectivity index (χ2v) is 7.14. The van der Waals surface area contributed by atoms with Crippen LogP contribution in [0.15, 0.2) is 47.1 Å². The molecule has 2 atom stereocenters. The monoisotopic (exact) mass is 384 g/mol. The third kappa shape index (κ3) is 2.57. The molecule has 8 heteroatoms. The Hall–Kier alpha value is -1.83. The molecule has 4 rings (SSSR count). The number of nitrogens with zero attached hydrogens (tertiary/aromatic N) is 2. The van der Waals surface area contributed by atoms with Crippen LogP contribution in [0.1, 0.15) is 25.3 Å². The summed E-state index contributed by atoms with van der Waals surface area (Å²) in [5, 5.41) is 10.8. The summed E-state index contributed by atoms with van der Waals surface area (Å²) < 4.78 is 49.4. The smallest absolute Gasteiger partial charge is 0.353 e. The number of ether oxygens (including phenoxy) is 1. The van der Waals surface area contributed by atoms with Gasteiger partial charge in [-0.05, 0) is 50.0 Å². The van der Waals surface area contributed by atoms with Crippen molar-refractivity contribution in [1.29, 1.82) is 0 Å². The first kappa shape index (κ1) is 17.6. The van der Waals surface area contributed by atoms with Crippen molar-refractivity contribution >= 4 is 23.1 Å². The zero-order valence-corrected chi connectivity index (χ0v) is 14.6. The van der Waals surface area contributed by atoms with E-state index in [1.807, 2.05) is 0 Å². The van der Waals surface area contributed by atoms with Gasteiger partial charge in [0.2, 0.25) is 5.60 Å². The fourth-order valence-corrected chi connectivity index (χ4v) is 3.63. The summed E-state index contributed by atoms with van der Waals surface area (Å²) in [6.07, 6.45) is 0.121. The molecule has 1 fully saturated rings. The van der Waals surface area contributed by atoms with Crippen LogP contribution in [0.25, 0.3) is 0 Å². The van der Waals surface area contributed by atoms with Crippen LogP contribution in [0.4, 0.5) is 18.9 Å². The van der Waals surface area contributed by atoms with E-state index < -0.39 is 17.9 Å². The van der Waals surface area contributed by atoms with Crippen LogP contribution in [0.3, 0.4) is 0 Å². The second-order valence-electron chi connectivity index (χ2n) is 6.70. The summed E-state index contributed by atoms with van der Waals surface area (Å²) in [5.41, 5.74) is -3.10. The fraction of sp³-hybridized carbons (Fsp3) is 0.389. The molecule has 138 valence electrons. The molecule has 0 radical (unpaired) electrons. The molecule has 0 saturated heterocycles. The standard InChI is InChI=1S/C18H16ClF3N2O2/c1-10(11-4-5-11)26-17(18(20,21)22)13-3-2-8-24(25)16(13)23-15-7-6-12(19)9-14(15)17/h2-3,6-11,25H,4-5H2,1H3. The maximum absolute atomic E-state index is 14.6. The lowest BCUT2D eigenvalue weighted by molar-refractivity contribution is -0.280. The molecule has 1 N–H and O–H groups in total. The van der Waals surface area contributed by atoms with E-state index in [-0.39, 0.29) is 33.6 Å². The molecule has 0 aromatic heterocycles. The van der Waals surface area contributed by atoms with Crippen LogP contribution in [0.2, 0.25) is 5.02 Å². The molecule has 4 nitrogen and oxygen atoms in total. The van der Waals surface area contributed by atoms with E-state index in [4.69, 9.17) is 16.3 Å². The predicted molar refractivity (Wildman–Crippen MR) is 90.4 cm³/mol. The number of rotatable bonds is 3. The minimum atomic E-state index is -4.78. The molecule has 0 spiro atoms. The predicted octanol–water partition coefficient (Wildman–Crippen LogP) is 5.10. The number of benzene rings is 1.